The molecule has 0 radical (unpaired) electrons. The van der Waals surface area contributed by atoms with Crippen molar-refractivity contribution in [2.45, 2.75) is 31.6 Å². The highest BCUT2D eigenvalue weighted by Crippen LogP contribution is 2.59. The number of aromatic hydroxyl groups is 1. The zero-order valence-electron chi connectivity index (χ0n) is 13.3. The minimum absolute atomic E-state index is 0.174. The van der Waals surface area contributed by atoms with Crippen LogP contribution >= 0.6 is 0 Å². The lowest BCUT2D eigenvalue weighted by Crippen LogP contribution is -2.59. The first-order valence-corrected chi connectivity index (χ1v) is 8.48. The fraction of sp³-hybridized carbons (Fsp3) is 0.500. The molecule has 4 unspecified atom stereocenters. The average Bonchev–Trinajstić information content (AvgIpc) is 2.52. The van der Waals surface area contributed by atoms with Crippen molar-refractivity contribution in [3.05, 3.63) is 54.1 Å². The number of nitrogens with one attached hydrogen (secondary N) is 1. The highest BCUT2D eigenvalue weighted by Gasteiger charge is 2.55. The van der Waals surface area contributed by atoms with E-state index in [0.717, 1.165) is 19.5 Å². The summed E-state index contributed by atoms with van der Waals surface area (Å²) in [6.45, 7) is 4.59. The summed E-state index contributed by atoms with van der Waals surface area (Å²) < 4.78 is 0. The van der Waals surface area contributed by atoms with E-state index in [0.29, 0.717) is 17.6 Å². The van der Waals surface area contributed by atoms with E-state index in [2.05, 4.69) is 42.6 Å². The lowest BCUT2D eigenvalue weighted by Gasteiger charge is -2.59. The second-order valence-electron chi connectivity index (χ2n) is 7.63. The summed E-state index contributed by atoms with van der Waals surface area (Å²) in [5.41, 5.74) is 1.75. The molecule has 2 N–H and O–H groups in total. The minimum Gasteiger partial charge on any atom is -0.508 e. The van der Waals surface area contributed by atoms with Gasteiger partial charge in [0, 0.05) is 12.0 Å². The van der Waals surface area contributed by atoms with Crippen molar-refractivity contribution in [1.29, 1.82) is 0 Å². The van der Waals surface area contributed by atoms with Gasteiger partial charge in [-0.2, -0.15) is 0 Å². The van der Waals surface area contributed by atoms with Gasteiger partial charge in [0.1, 0.15) is 5.75 Å². The Morgan fingerprint density at radius 1 is 1.14 bits per heavy atom. The van der Waals surface area contributed by atoms with E-state index >= 15 is 0 Å². The van der Waals surface area contributed by atoms with Crippen molar-refractivity contribution in [1.82, 2.24) is 5.32 Å². The maximum atomic E-state index is 10.0. The van der Waals surface area contributed by atoms with Crippen LogP contribution in [0.4, 0.5) is 0 Å². The van der Waals surface area contributed by atoms with Crippen LogP contribution < -0.4 is 5.32 Å². The Hall–Kier alpha value is -1.54. The highest BCUT2D eigenvalue weighted by molar-refractivity contribution is 5.38. The fourth-order valence-corrected chi connectivity index (χ4v) is 5.23. The van der Waals surface area contributed by atoms with Crippen molar-refractivity contribution >= 4 is 0 Å². The second-order valence-corrected chi connectivity index (χ2v) is 7.63. The second kappa shape index (κ2) is 4.99. The molecule has 1 aromatic rings. The van der Waals surface area contributed by atoms with Gasteiger partial charge in [0.15, 0.2) is 0 Å². The number of allylic oxidation sites excluding steroid dienone is 4. The van der Waals surface area contributed by atoms with Crippen LogP contribution in [0.3, 0.4) is 0 Å². The molecule has 1 aromatic carbocycles. The monoisotopic (exact) mass is 295 g/mol. The number of fused-ring (bicyclic) bond motifs is 2. The van der Waals surface area contributed by atoms with Crippen LogP contribution in [0.5, 0.6) is 5.75 Å². The van der Waals surface area contributed by atoms with Gasteiger partial charge in [-0.3, -0.25) is 0 Å². The molecule has 1 saturated carbocycles. The van der Waals surface area contributed by atoms with Crippen LogP contribution in [0.1, 0.15) is 31.7 Å². The van der Waals surface area contributed by atoms with E-state index in [4.69, 9.17) is 0 Å². The van der Waals surface area contributed by atoms with Gasteiger partial charge in [0.25, 0.3) is 0 Å². The molecule has 0 spiro atoms. The Kier molecular flexibility index (Phi) is 3.19. The Balaban J connectivity index is 1.82. The molecule has 0 aromatic heterocycles. The SMILES string of the molecule is CC12CNCCC1(c1cccc(O)c1)CC1C=CC=CC1C2. The molecule has 0 bridgehead atoms. The van der Waals surface area contributed by atoms with Crippen LogP contribution in [-0.2, 0) is 5.41 Å². The van der Waals surface area contributed by atoms with E-state index in [1.807, 2.05) is 12.1 Å². The molecule has 3 aliphatic rings. The van der Waals surface area contributed by atoms with Crippen LogP contribution in [0, 0.1) is 17.3 Å². The number of hydrogen-bond acceptors (Lipinski definition) is 2. The maximum absolute atomic E-state index is 10.0. The van der Waals surface area contributed by atoms with Crippen molar-refractivity contribution < 1.29 is 5.11 Å². The largest absolute Gasteiger partial charge is 0.508 e. The van der Waals surface area contributed by atoms with Crippen LogP contribution in [0.2, 0.25) is 0 Å². The summed E-state index contributed by atoms with van der Waals surface area (Å²) >= 11 is 0. The van der Waals surface area contributed by atoms with Gasteiger partial charge in [-0.1, -0.05) is 43.4 Å². The molecule has 116 valence electrons. The minimum atomic E-state index is 0.174. The fourth-order valence-electron chi connectivity index (χ4n) is 5.23. The van der Waals surface area contributed by atoms with Gasteiger partial charge in [0.2, 0.25) is 0 Å². The molecule has 4 rings (SSSR count). The first kappa shape index (κ1) is 14.1. The molecular formula is C20H25NO. The van der Waals surface area contributed by atoms with E-state index < -0.39 is 0 Å². The summed E-state index contributed by atoms with van der Waals surface area (Å²) in [5.74, 6) is 1.70. The van der Waals surface area contributed by atoms with Crippen molar-refractivity contribution in [3.63, 3.8) is 0 Å². The number of hydrogen-bond donors (Lipinski definition) is 2. The van der Waals surface area contributed by atoms with Crippen LogP contribution in [-0.4, -0.2) is 18.2 Å². The van der Waals surface area contributed by atoms with E-state index in [-0.39, 0.29) is 10.8 Å². The molecule has 2 heteroatoms. The van der Waals surface area contributed by atoms with Crippen LogP contribution in [0.15, 0.2) is 48.6 Å². The predicted octanol–water partition coefficient (Wildman–Crippen LogP) is 3.78. The summed E-state index contributed by atoms with van der Waals surface area (Å²) in [4.78, 5) is 0. The number of phenolic OH excluding ortho intramolecular Hbond substituents is 1. The third-order valence-corrected chi connectivity index (χ3v) is 6.45. The summed E-state index contributed by atoms with van der Waals surface area (Å²) in [6.07, 6.45) is 12.8. The van der Waals surface area contributed by atoms with Crippen LogP contribution in [0.25, 0.3) is 0 Å². The lowest BCUT2D eigenvalue weighted by atomic mass is 9.47. The number of benzene rings is 1. The van der Waals surface area contributed by atoms with E-state index in [1.54, 1.807) is 6.07 Å². The smallest absolute Gasteiger partial charge is 0.115 e. The quantitative estimate of drug-likeness (QED) is 0.826. The van der Waals surface area contributed by atoms with Gasteiger partial charge < -0.3 is 10.4 Å². The topological polar surface area (TPSA) is 32.3 Å². The van der Waals surface area contributed by atoms with Gasteiger partial charge in [-0.05, 0) is 60.8 Å². The first-order valence-electron chi connectivity index (χ1n) is 8.48. The van der Waals surface area contributed by atoms with Crippen molar-refractivity contribution in [2.24, 2.45) is 17.3 Å². The van der Waals surface area contributed by atoms with E-state index in [1.165, 1.54) is 18.4 Å². The molecule has 1 saturated heterocycles. The summed E-state index contributed by atoms with van der Waals surface area (Å²) in [5, 5.41) is 13.6. The van der Waals surface area contributed by atoms with Gasteiger partial charge in [-0.15, -0.1) is 0 Å². The van der Waals surface area contributed by atoms with E-state index in [9.17, 15) is 5.11 Å². The van der Waals surface area contributed by atoms with Gasteiger partial charge in [0.05, 0.1) is 0 Å². The van der Waals surface area contributed by atoms with Crippen molar-refractivity contribution in [2.75, 3.05) is 13.1 Å². The highest BCUT2D eigenvalue weighted by atomic mass is 16.3. The van der Waals surface area contributed by atoms with Gasteiger partial charge >= 0.3 is 0 Å². The molecule has 1 heterocycles. The van der Waals surface area contributed by atoms with Gasteiger partial charge in [-0.25, -0.2) is 0 Å². The third kappa shape index (κ3) is 1.97. The summed E-state index contributed by atoms with van der Waals surface area (Å²) in [7, 11) is 0. The third-order valence-electron chi connectivity index (χ3n) is 6.45. The molecule has 2 fully saturated rings. The molecule has 4 atom stereocenters. The first-order chi connectivity index (χ1) is 10.6. The Bertz CT molecular complexity index is 634. The number of piperidine rings is 1. The normalized spacial score (nSPS) is 40.0. The Morgan fingerprint density at radius 3 is 2.68 bits per heavy atom. The molecule has 2 aliphatic carbocycles. The molecule has 1 aliphatic heterocycles. The average molecular weight is 295 g/mol. The molecular weight excluding hydrogens is 270 g/mol. The lowest BCUT2D eigenvalue weighted by molar-refractivity contribution is 0.00281. The zero-order valence-corrected chi connectivity index (χ0v) is 13.3. The Morgan fingerprint density at radius 2 is 1.91 bits per heavy atom. The molecule has 2 nitrogen and oxygen atoms in total. The number of rotatable bonds is 1. The molecule has 22 heavy (non-hydrogen) atoms. The summed E-state index contributed by atoms with van der Waals surface area (Å²) in [6, 6.07) is 8.02. The zero-order chi connectivity index (χ0) is 15.2. The predicted molar refractivity (Wildman–Crippen MR) is 89.9 cm³/mol. The number of phenols is 1. The molecule has 0 amide bonds. The Labute approximate surface area is 132 Å². The van der Waals surface area contributed by atoms with Crippen molar-refractivity contribution in [3.8, 4) is 5.75 Å². The standard InChI is InChI=1S/C20H25NO/c1-19-12-15-5-2-3-6-16(15)13-20(19,9-10-21-14-19)17-7-4-8-18(22)11-17/h2-8,11,15-16,21-22H,9-10,12-14H2,1H3. The maximum Gasteiger partial charge on any atom is 0.115 e.